The summed E-state index contributed by atoms with van der Waals surface area (Å²) in [7, 11) is 1.70. The summed E-state index contributed by atoms with van der Waals surface area (Å²) in [5.74, 6) is 0.837. The molecule has 0 radical (unpaired) electrons. The summed E-state index contributed by atoms with van der Waals surface area (Å²) in [6, 6.07) is 27.0. The number of methoxy groups -OCH3 is 1. The van der Waals surface area contributed by atoms with Gasteiger partial charge in [0.25, 0.3) is 5.91 Å². The summed E-state index contributed by atoms with van der Waals surface area (Å²) in [5.41, 5.74) is 8.75. The first-order chi connectivity index (χ1) is 18.5. The van der Waals surface area contributed by atoms with Gasteiger partial charge in [-0.2, -0.15) is 0 Å². The molecule has 5 nitrogen and oxygen atoms in total. The van der Waals surface area contributed by atoms with Gasteiger partial charge in [0.2, 0.25) is 0 Å². The first-order valence-corrected chi connectivity index (χ1v) is 13.4. The number of carbonyl (C=O) groups excluding carboxylic acids is 1. The van der Waals surface area contributed by atoms with E-state index in [1.54, 1.807) is 7.11 Å². The van der Waals surface area contributed by atoms with Gasteiger partial charge in [0, 0.05) is 35.1 Å². The van der Waals surface area contributed by atoms with Gasteiger partial charge < -0.3 is 15.4 Å². The van der Waals surface area contributed by atoms with E-state index in [0.29, 0.717) is 5.56 Å². The molecule has 1 aromatic heterocycles. The summed E-state index contributed by atoms with van der Waals surface area (Å²) < 4.78 is 5.45. The molecule has 5 heteroatoms. The number of pyridine rings is 1. The molecule has 0 bridgehead atoms. The zero-order valence-corrected chi connectivity index (χ0v) is 22.3. The smallest absolute Gasteiger partial charge is 0.251 e. The van der Waals surface area contributed by atoms with Crippen molar-refractivity contribution in [2.45, 2.75) is 45.2 Å². The largest absolute Gasteiger partial charge is 0.497 e. The number of hydrogen-bond donors (Lipinski definition) is 2. The summed E-state index contributed by atoms with van der Waals surface area (Å²) in [6.45, 7) is 5.06. The Kier molecular flexibility index (Phi) is 7.85. The van der Waals surface area contributed by atoms with E-state index >= 15 is 0 Å². The van der Waals surface area contributed by atoms with Crippen LogP contribution in [0.25, 0.3) is 22.3 Å². The van der Waals surface area contributed by atoms with Crippen LogP contribution in [0.15, 0.2) is 85.1 Å². The van der Waals surface area contributed by atoms with Crippen LogP contribution in [0.5, 0.6) is 5.75 Å². The third-order valence-electron chi connectivity index (χ3n) is 7.47. The van der Waals surface area contributed by atoms with Crippen LogP contribution in [-0.2, 0) is 6.42 Å². The topological polar surface area (TPSA) is 63.2 Å². The second-order valence-corrected chi connectivity index (χ2v) is 9.98. The fourth-order valence-corrected chi connectivity index (χ4v) is 5.14. The van der Waals surface area contributed by atoms with Gasteiger partial charge >= 0.3 is 0 Å². The number of aromatic nitrogens is 1. The van der Waals surface area contributed by atoms with E-state index in [-0.39, 0.29) is 18.0 Å². The first-order valence-electron chi connectivity index (χ1n) is 13.4. The van der Waals surface area contributed by atoms with E-state index in [0.717, 1.165) is 59.5 Å². The summed E-state index contributed by atoms with van der Waals surface area (Å²) in [5, 5.41) is 6.90. The van der Waals surface area contributed by atoms with Crippen molar-refractivity contribution in [3.05, 3.63) is 107 Å². The standard InChI is InChI=1S/C33H35N3O2/c1-4-29(19-32-31-20-30(38-3)16-15-26(31)17-18-34-32)36-33(37)27-13-11-24(12-14-27)23-7-9-25(10-8-23)28-6-5-22(2)35-21-28/h5-16,20-21,29,32,34H,4,17-19H2,1-3H3,(H,36,37). The third-order valence-corrected chi connectivity index (χ3v) is 7.47. The highest BCUT2D eigenvalue weighted by Crippen LogP contribution is 2.30. The highest BCUT2D eigenvalue weighted by atomic mass is 16.5. The number of nitrogens with zero attached hydrogens (tertiary/aromatic N) is 1. The molecule has 5 rings (SSSR count). The molecule has 0 saturated carbocycles. The molecule has 194 valence electrons. The Morgan fingerprint density at radius 2 is 1.63 bits per heavy atom. The van der Waals surface area contributed by atoms with Crippen molar-refractivity contribution in [2.75, 3.05) is 13.7 Å². The zero-order valence-electron chi connectivity index (χ0n) is 22.3. The predicted octanol–water partition coefficient (Wildman–Crippen LogP) is 6.52. The van der Waals surface area contributed by atoms with Gasteiger partial charge in [-0.15, -0.1) is 0 Å². The maximum atomic E-state index is 13.1. The number of rotatable bonds is 8. The van der Waals surface area contributed by atoms with Gasteiger partial charge in [0.1, 0.15) is 5.75 Å². The van der Waals surface area contributed by atoms with Crippen LogP contribution in [0.3, 0.4) is 0 Å². The van der Waals surface area contributed by atoms with Crippen molar-refractivity contribution in [2.24, 2.45) is 0 Å². The maximum Gasteiger partial charge on any atom is 0.251 e. The highest BCUT2D eigenvalue weighted by Gasteiger charge is 2.24. The molecule has 2 unspecified atom stereocenters. The van der Waals surface area contributed by atoms with E-state index in [1.165, 1.54) is 11.1 Å². The lowest BCUT2D eigenvalue weighted by Crippen LogP contribution is -2.39. The lowest BCUT2D eigenvalue weighted by Gasteiger charge is -2.30. The van der Waals surface area contributed by atoms with Crippen LogP contribution in [0.2, 0.25) is 0 Å². The lowest BCUT2D eigenvalue weighted by atomic mass is 9.89. The molecule has 2 atom stereocenters. The maximum absolute atomic E-state index is 13.1. The molecule has 2 N–H and O–H groups in total. The molecule has 0 fully saturated rings. The molecule has 1 amide bonds. The first kappa shape index (κ1) is 25.7. The Balaban J connectivity index is 1.23. The molecule has 3 aromatic carbocycles. The molecular weight excluding hydrogens is 470 g/mol. The number of carbonyl (C=O) groups is 1. The summed E-state index contributed by atoms with van der Waals surface area (Å²) in [4.78, 5) is 17.5. The van der Waals surface area contributed by atoms with Crippen molar-refractivity contribution in [3.63, 3.8) is 0 Å². The van der Waals surface area contributed by atoms with Gasteiger partial charge in [-0.1, -0.05) is 55.5 Å². The van der Waals surface area contributed by atoms with Crippen molar-refractivity contribution in [3.8, 4) is 28.0 Å². The molecular formula is C33H35N3O2. The van der Waals surface area contributed by atoms with Crippen molar-refractivity contribution in [1.82, 2.24) is 15.6 Å². The Hall–Kier alpha value is -3.96. The van der Waals surface area contributed by atoms with E-state index < -0.39 is 0 Å². The molecule has 0 saturated heterocycles. The molecule has 0 spiro atoms. The Labute approximate surface area is 225 Å². The number of hydrogen-bond acceptors (Lipinski definition) is 4. The van der Waals surface area contributed by atoms with Crippen LogP contribution >= 0.6 is 0 Å². The van der Waals surface area contributed by atoms with Crippen LogP contribution in [0, 0.1) is 6.92 Å². The van der Waals surface area contributed by atoms with Gasteiger partial charge in [-0.05, 0) is 90.9 Å². The lowest BCUT2D eigenvalue weighted by molar-refractivity contribution is 0.0931. The van der Waals surface area contributed by atoms with Gasteiger partial charge in [-0.3, -0.25) is 9.78 Å². The van der Waals surface area contributed by atoms with Crippen LogP contribution in [0.1, 0.15) is 53.0 Å². The predicted molar refractivity (Wildman–Crippen MR) is 153 cm³/mol. The number of benzene rings is 3. The second kappa shape index (κ2) is 11.6. The SMILES string of the molecule is CCC(CC1NCCc2ccc(OC)cc21)NC(=O)c1ccc(-c2ccc(-c3ccc(C)nc3)cc2)cc1. The molecule has 38 heavy (non-hydrogen) atoms. The molecule has 1 aliphatic rings. The van der Waals surface area contributed by atoms with Crippen molar-refractivity contribution >= 4 is 5.91 Å². The number of fused-ring (bicyclic) bond motifs is 1. The van der Waals surface area contributed by atoms with E-state index in [9.17, 15) is 4.79 Å². The minimum absolute atomic E-state index is 0.0349. The van der Waals surface area contributed by atoms with Gasteiger partial charge in [0.05, 0.1) is 7.11 Å². The average Bonchev–Trinajstić information content (AvgIpc) is 2.97. The Bertz CT molecular complexity index is 1380. The number of ether oxygens (including phenoxy) is 1. The highest BCUT2D eigenvalue weighted by molar-refractivity contribution is 5.95. The van der Waals surface area contributed by atoms with E-state index in [2.05, 4.69) is 65.0 Å². The molecule has 2 heterocycles. The summed E-state index contributed by atoms with van der Waals surface area (Å²) >= 11 is 0. The second-order valence-electron chi connectivity index (χ2n) is 9.98. The zero-order chi connectivity index (χ0) is 26.5. The van der Waals surface area contributed by atoms with Gasteiger partial charge in [0.15, 0.2) is 0 Å². The van der Waals surface area contributed by atoms with Crippen molar-refractivity contribution in [1.29, 1.82) is 0 Å². The normalized spacial score (nSPS) is 15.4. The fraction of sp³-hybridized carbons (Fsp3) is 0.273. The molecule has 4 aromatic rings. The average molecular weight is 506 g/mol. The van der Waals surface area contributed by atoms with Gasteiger partial charge in [-0.25, -0.2) is 0 Å². The number of amides is 1. The molecule has 0 aliphatic carbocycles. The molecule has 1 aliphatic heterocycles. The minimum Gasteiger partial charge on any atom is -0.497 e. The van der Waals surface area contributed by atoms with Crippen LogP contribution in [0.4, 0.5) is 0 Å². The monoisotopic (exact) mass is 505 g/mol. The van der Waals surface area contributed by atoms with Crippen LogP contribution in [-0.4, -0.2) is 30.6 Å². The quantitative estimate of drug-likeness (QED) is 0.286. The Morgan fingerprint density at radius 3 is 2.26 bits per heavy atom. The number of aryl methyl sites for hydroxylation is 1. The minimum atomic E-state index is -0.0349. The number of nitrogens with one attached hydrogen (secondary N) is 2. The van der Waals surface area contributed by atoms with E-state index in [4.69, 9.17) is 4.74 Å². The van der Waals surface area contributed by atoms with E-state index in [1.807, 2.05) is 49.5 Å². The third kappa shape index (κ3) is 5.79. The fourth-order valence-electron chi connectivity index (χ4n) is 5.14. The Morgan fingerprint density at radius 1 is 0.974 bits per heavy atom. The van der Waals surface area contributed by atoms with Crippen molar-refractivity contribution < 1.29 is 9.53 Å². The van der Waals surface area contributed by atoms with Crippen LogP contribution < -0.4 is 15.4 Å². The summed E-state index contributed by atoms with van der Waals surface area (Å²) in [6.07, 6.45) is 4.62.